The summed E-state index contributed by atoms with van der Waals surface area (Å²) >= 11 is 1.77. The Morgan fingerprint density at radius 2 is 2.00 bits per heavy atom. The molecule has 1 unspecified atom stereocenters. The summed E-state index contributed by atoms with van der Waals surface area (Å²) in [5.41, 5.74) is 1.85. The number of carbonyl (C=O) groups is 2. The van der Waals surface area contributed by atoms with Crippen molar-refractivity contribution in [3.05, 3.63) is 21.9 Å². The number of aryl methyl sites for hydroxylation is 1. The first-order valence-corrected chi connectivity index (χ1v) is 10.3. The Balaban J connectivity index is 0.000000612. The molecule has 8 nitrogen and oxygen atoms in total. The average molecular weight is 425 g/mol. The third-order valence-electron chi connectivity index (χ3n) is 4.66. The van der Waals surface area contributed by atoms with Crippen LogP contribution in [0.5, 0.6) is 0 Å². The van der Waals surface area contributed by atoms with E-state index in [1.807, 2.05) is 13.8 Å². The van der Waals surface area contributed by atoms with Gasteiger partial charge in [-0.15, -0.1) is 17.8 Å². The number of oxime groups is 1. The van der Waals surface area contributed by atoms with E-state index < -0.39 is 18.0 Å². The van der Waals surface area contributed by atoms with Crippen molar-refractivity contribution >= 4 is 29.0 Å². The minimum atomic E-state index is -1.82. The highest BCUT2D eigenvalue weighted by Crippen LogP contribution is 2.26. The fraction of sp³-hybridized carbons (Fsp3) is 0.550. The minimum absolute atomic E-state index is 0.171. The molecule has 1 aromatic rings. The summed E-state index contributed by atoms with van der Waals surface area (Å²) in [6.07, 6.45) is 9.80. The van der Waals surface area contributed by atoms with E-state index in [9.17, 15) is 5.11 Å². The van der Waals surface area contributed by atoms with Crippen molar-refractivity contribution in [2.24, 2.45) is 5.16 Å². The number of β-amino-alcohol motifs (C(OH)–C–C–N with tert-alkyl or cyclic N) is 1. The SMILES string of the molecule is C#CC(CC)(CC)NCC(O)CO/N=C1\CCCc2sccc21.O=C(O)C(=O)O. The van der Waals surface area contributed by atoms with Gasteiger partial charge in [-0.3, -0.25) is 5.32 Å². The quantitative estimate of drug-likeness (QED) is 0.286. The Hall–Kier alpha value is -2.41. The summed E-state index contributed by atoms with van der Waals surface area (Å²) in [6, 6.07) is 2.10. The van der Waals surface area contributed by atoms with Crippen molar-refractivity contribution in [3.8, 4) is 12.3 Å². The largest absolute Gasteiger partial charge is 0.473 e. The fourth-order valence-electron chi connectivity index (χ4n) is 2.77. The van der Waals surface area contributed by atoms with Gasteiger partial charge >= 0.3 is 11.9 Å². The van der Waals surface area contributed by atoms with Gasteiger partial charge in [0.25, 0.3) is 0 Å². The molecule has 0 amide bonds. The lowest BCUT2D eigenvalue weighted by molar-refractivity contribution is -0.159. The van der Waals surface area contributed by atoms with Gasteiger partial charge in [0, 0.05) is 17.0 Å². The molecule has 0 bridgehead atoms. The number of fused-ring (bicyclic) bond motifs is 1. The predicted octanol–water partition coefficient (Wildman–Crippen LogP) is 2.10. The summed E-state index contributed by atoms with van der Waals surface area (Å²) in [5, 5.41) is 34.4. The van der Waals surface area contributed by atoms with Gasteiger partial charge in [0.2, 0.25) is 0 Å². The van der Waals surface area contributed by atoms with Gasteiger partial charge in [-0.2, -0.15) is 0 Å². The van der Waals surface area contributed by atoms with Gasteiger partial charge < -0.3 is 20.2 Å². The zero-order valence-corrected chi connectivity index (χ0v) is 17.5. The van der Waals surface area contributed by atoms with E-state index in [1.165, 1.54) is 10.4 Å². The number of aliphatic hydroxyl groups excluding tert-OH is 1. The highest BCUT2D eigenvalue weighted by molar-refractivity contribution is 7.10. The van der Waals surface area contributed by atoms with Crippen LogP contribution in [0.15, 0.2) is 16.6 Å². The minimum Gasteiger partial charge on any atom is -0.473 e. The number of nitrogens with zero attached hydrogens (tertiary/aromatic N) is 1. The Bertz CT molecular complexity index is 736. The summed E-state index contributed by atoms with van der Waals surface area (Å²) in [5.74, 6) is -0.851. The van der Waals surface area contributed by atoms with Crippen LogP contribution in [-0.2, 0) is 20.8 Å². The summed E-state index contributed by atoms with van der Waals surface area (Å²) in [6.45, 7) is 4.67. The molecule has 9 heteroatoms. The molecule has 1 atom stereocenters. The normalized spacial score (nSPS) is 15.4. The first-order valence-electron chi connectivity index (χ1n) is 9.41. The van der Waals surface area contributed by atoms with Gasteiger partial charge in [0.15, 0.2) is 0 Å². The molecule has 0 fully saturated rings. The molecule has 2 rings (SSSR count). The van der Waals surface area contributed by atoms with Crippen molar-refractivity contribution in [2.75, 3.05) is 13.2 Å². The van der Waals surface area contributed by atoms with Crippen LogP contribution in [0.2, 0.25) is 0 Å². The number of aliphatic hydroxyl groups is 1. The number of nitrogens with one attached hydrogen (secondary N) is 1. The van der Waals surface area contributed by atoms with Crippen LogP contribution in [0.1, 0.15) is 50.0 Å². The van der Waals surface area contributed by atoms with Crippen LogP contribution in [0.25, 0.3) is 0 Å². The Kier molecular flexibility index (Phi) is 10.4. The van der Waals surface area contributed by atoms with E-state index in [4.69, 9.17) is 31.1 Å². The highest BCUT2D eigenvalue weighted by atomic mass is 32.1. The number of hydrogen-bond acceptors (Lipinski definition) is 7. The third-order valence-corrected chi connectivity index (χ3v) is 5.64. The van der Waals surface area contributed by atoms with Crippen LogP contribution < -0.4 is 5.32 Å². The number of thiophene rings is 1. The number of rotatable bonds is 8. The zero-order chi connectivity index (χ0) is 21.9. The van der Waals surface area contributed by atoms with Crippen molar-refractivity contribution in [3.63, 3.8) is 0 Å². The molecular weight excluding hydrogens is 396 g/mol. The van der Waals surface area contributed by atoms with Gasteiger partial charge in [-0.05, 0) is 43.6 Å². The molecule has 0 spiro atoms. The van der Waals surface area contributed by atoms with E-state index in [0.29, 0.717) is 6.54 Å². The Morgan fingerprint density at radius 3 is 2.55 bits per heavy atom. The first kappa shape index (κ1) is 24.6. The standard InChI is InChI=1S/C18H26N2O2S.C2H2O4/c1-4-18(5-2,6-3)19-12-14(21)13-22-20-16-8-7-9-17-15(16)10-11-23-17;3-1(4)2(5)6/h1,10-11,14,19,21H,5-9,12-13H2,2-3H3;(H,3,4)(H,5,6)/b20-16+;. The lowest BCUT2D eigenvalue weighted by atomic mass is 9.94. The van der Waals surface area contributed by atoms with Gasteiger partial charge in [0.1, 0.15) is 12.7 Å². The van der Waals surface area contributed by atoms with E-state index in [2.05, 4.69) is 27.8 Å². The summed E-state index contributed by atoms with van der Waals surface area (Å²) in [7, 11) is 0. The number of aliphatic carboxylic acids is 2. The lowest BCUT2D eigenvalue weighted by Crippen LogP contribution is -2.47. The summed E-state index contributed by atoms with van der Waals surface area (Å²) < 4.78 is 0. The Morgan fingerprint density at radius 1 is 1.34 bits per heavy atom. The molecule has 1 aliphatic carbocycles. The highest BCUT2D eigenvalue weighted by Gasteiger charge is 2.23. The molecule has 0 saturated heterocycles. The molecular formula is C20H28N2O6S. The van der Waals surface area contributed by atoms with Gasteiger partial charge in [-0.25, -0.2) is 9.59 Å². The van der Waals surface area contributed by atoms with Gasteiger partial charge in [-0.1, -0.05) is 24.9 Å². The molecule has 0 aromatic carbocycles. The molecule has 0 saturated carbocycles. The lowest BCUT2D eigenvalue weighted by Gasteiger charge is -2.28. The second kappa shape index (κ2) is 12.2. The van der Waals surface area contributed by atoms with Crippen molar-refractivity contribution < 1.29 is 29.7 Å². The van der Waals surface area contributed by atoms with Crippen molar-refractivity contribution in [2.45, 2.75) is 57.6 Å². The molecule has 29 heavy (non-hydrogen) atoms. The van der Waals surface area contributed by atoms with Crippen molar-refractivity contribution in [1.29, 1.82) is 0 Å². The predicted molar refractivity (Wildman–Crippen MR) is 111 cm³/mol. The number of hydrogen-bond donors (Lipinski definition) is 4. The van der Waals surface area contributed by atoms with Crippen LogP contribution in [0, 0.1) is 12.3 Å². The molecule has 1 aliphatic rings. The van der Waals surface area contributed by atoms with E-state index in [0.717, 1.165) is 37.8 Å². The van der Waals surface area contributed by atoms with Crippen LogP contribution in [0.4, 0.5) is 0 Å². The first-order chi connectivity index (χ1) is 13.8. The molecule has 1 aromatic heterocycles. The second-order valence-electron chi connectivity index (χ2n) is 6.52. The van der Waals surface area contributed by atoms with Crippen LogP contribution >= 0.6 is 11.3 Å². The molecule has 1 heterocycles. The smallest absolute Gasteiger partial charge is 0.414 e. The molecule has 160 valence electrons. The number of carboxylic acid groups (broad SMARTS) is 2. The van der Waals surface area contributed by atoms with E-state index >= 15 is 0 Å². The Labute approximate surface area is 174 Å². The average Bonchev–Trinajstić information content (AvgIpc) is 3.19. The number of terminal acetylenes is 1. The maximum atomic E-state index is 10.1. The molecule has 0 aliphatic heterocycles. The number of carboxylic acids is 2. The third kappa shape index (κ3) is 7.85. The maximum Gasteiger partial charge on any atom is 0.414 e. The fourth-order valence-corrected chi connectivity index (χ4v) is 3.71. The van der Waals surface area contributed by atoms with E-state index in [1.54, 1.807) is 11.3 Å². The van der Waals surface area contributed by atoms with Crippen molar-refractivity contribution in [1.82, 2.24) is 5.32 Å². The van der Waals surface area contributed by atoms with Gasteiger partial charge in [0.05, 0.1) is 11.3 Å². The van der Waals surface area contributed by atoms with Crippen LogP contribution in [-0.4, -0.2) is 57.8 Å². The zero-order valence-electron chi connectivity index (χ0n) is 16.7. The van der Waals surface area contributed by atoms with E-state index in [-0.39, 0.29) is 12.1 Å². The van der Waals surface area contributed by atoms with Crippen LogP contribution in [0.3, 0.4) is 0 Å². The molecule has 4 N–H and O–H groups in total. The summed E-state index contributed by atoms with van der Waals surface area (Å²) in [4.78, 5) is 25.0. The molecule has 0 radical (unpaired) electrons. The maximum absolute atomic E-state index is 10.1. The monoisotopic (exact) mass is 424 g/mol. The second-order valence-corrected chi connectivity index (χ2v) is 7.52. The topological polar surface area (TPSA) is 128 Å².